The number of anilines is 1. The van der Waals surface area contributed by atoms with Crippen LogP contribution in [-0.2, 0) is 4.79 Å². The summed E-state index contributed by atoms with van der Waals surface area (Å²) >= 11 is 13.1. The Kier molecular flexibility index (Phi) is 8.45. The van der Waals surface area contributed by atoms with E-state index in [1.54, 1.807) is 11.3 Å². The molecule has 0 saturated carbocycles. The molecule has 0 bridgehead atoms. The lowest BCUT2D eigenvalue weighted by Gasteiger charge is -2.31. The van der Waals surface area contributed by atoms with E-state index in [1.165, 1.54) is 11.8 Å². The van der Waals surface area contributed by atoms with Gasteiger partial charge in [-0.05, 0) is 53.6 Å². The second-order valence-corrected chi connectivity index (χ2v) is 12.8. The number of thioether (sulfide) groups is 1. The van der Waals surface area contributed by atoms with Crippen LogP contribution in [-0.4, -0.2) is 16.6 Å². The molecule has 2 N–H and O–H groups in total. The summed E-state index contributed by atoms with van der Waals surface area (Å²) in [6.45, 7) is 0. The molecule has 0 saturated heterocycles. The van der Waals surface area contributed by atoms with E-state index in [-0.39, 0.29) is 11.7 Å². The standard InChI is InChI=1S/C33H22BrClN4OS2/c34-21-14-16-22(17-15-21)37-28(40)19-41-32-24(18-36)29(23-10-4-5-11-25(23)35)30(31(39-32)20-8-2-1-3-9-20)33-38-26-12-6-7-13-27(26)42-33/h1-17,29,39H,19H2,(H,37,40). The summed E-state index contributed by atoms with van der Waals surface area (Å²) in [7, 11) is 0. The third kappa shape index (κ3) is 5.87. The lowest BCUT2D eigenvalue weighted by atomic mass is 9.81. The lowest BCUT2D eigenvalue weighted by Crippen LogP contribution is -2.25. The fourth-order valence-electron chi connectivity index (χ4n) is 4.84. The van der Waals surface area contributed by atoms with Crippen molar-refractivity contribution in [1.29, 1.82) is 5.26 Å². The van der Waals surface area contributed by atoms with E-state index >= 15 is 0 Å². The predicted octanol–water partition coefficient (Wildman–Crippen LogP) is 9.07. The first-order valence-electron chi connectivity index (χ1n) is 13.0. The van der Waals surface area contributed by atoms with Crippen molar-refractivity contribution < 1.29 is 4.79 Å². The van der Waals surface area contributed by atoms with Gasteiger partial charge in [-0.3, -0.25) is 4.79 Å². The van der Waals surface area contributed by atoms with Crippen LogP contribution in [0.2, 0.25) is 5.02 Å². The molecule has 6 rings (SSSR count). The molecule has 1 aliphatic heterocycles. The second kappa shape index (κ2) is 12.6. The molecule has 1 aliphatic rings. The molecule has 9 heteroatoms. The first kappa shape index (κ1) is 28.3. The Labute approximate surface area is 265 Å². The van der Waals surface area contributed by atoms with Crippen LogP contribution < -0.4 is 10.6 Å². The van der Waals surface area contributed by atoms with Crippen molar-refractivity contribution in [3.63, 3.8) is 0 Å². The number of halogens is 2. The highest BCUT2D eigenvalue weighted by molar-refractivity contribution is 9.10. The number of rotatable bonds is 7. The van der Waals surface area contributed by atoms with Crippen molar-refractivity contribution in [3.05, 3.63) is 139 Å². The summed E-state index contributed by atoms with van der Waals surface area (Å²) in [5.41, 5.74) is 5.52. The molecule has 0 spiro atoms. The number of hydrogen-bond donors (Lipinski definition) is 2. The molecule has 0 aliphatic carbocycles. The molecule has 206 valence electrons. The van der Waals surface area contributed by atoms with Gasteiger partial charge >= 0.3 is 0 Å². The van der Waals surface area contributed by atoms with Crippen LogP contribution in [0.4, 0.5) is 5.69 Å². The highest BCUT2D eigenvalue weighted by Gasteiger charge is 2.36. The fourth-order valence-corrected chi connectivity index (χ4v) is 7.23. The molecule has 1 amide bonds. The van der Waals surface area contributed by atoms with Gasteiger partial charge in [0.15, 0.2) is 0 Å². The van der Waals surface area contributed by atoms with Crippen molar-refractivity contribution in [2.75, 3.05) is 11.1 Å². The molecule has 2 heterocycles. The van der Waals surface area contributed by atoms with Gasteiger partial charge in [-0.2, -0.15) is 5.26 Å². The number of thiazole rings is 1. The second-order valence-electron chi connectivity index (χ2n) is 9.42. The molecule has 5 aromatic rings. The Balaban J connectivity index is 1.47. The predicted molar refractivity (Wildman–Crippen MR) is 178 cm³/mol. The lowest BCUT2D eigenvalue weighted by molar-refractivity contribution is -0.113. The molecular formula is C33H22BrClN4OS2. The minimum atomic E-state index is -0.502. The summed E-state index contributed by atoms with van der Waals surface area (Å²) in [5.74, 6) is -0.569. The smallest absolute Gasteiger partial charge is 0.234 e. The van der Waals surface area contributed by atoms with Crippen molar-refractivity contribution >= 4 is 83.7 Å². The van der Waals surface area contributed by atoms with Crippen LogP contribution in [0.1, 0.15) is 22.1 Å². The summed E-state index contributed by atoms with van der Waals surface area (Å²) in [5, 5.41) is 19.1. The Morgan fingerprint density at radius 3 is 2.45 bits per heavy atom. The van der Waals surface area contributed by atoms with Gasteiger partial charge in [0.25, 0.3) is 0 Å². The molecule has 1 aromatic heterocycles. The van der Waals surface area contributed by atoms with Gasteiger partial charge in [-0.15, -0.1) is 11.3 Å². The van der Waals surface area contributed by atoms with Crippen molar-refractivity contribution in [1.82, 2.24) is 10.3 Å². The Morgan fingerprint density at radius 2 is 1.71 bits per heavy atom. The van der Waals surface area contributed by atoms with Gasteiger partial charge in [0.2, 0.25) is 5.91 Å². The van der Waals surface area contributed by atoms with Crippen LogP contribution >= 0.6 is 50.6 Å². The molecular weight excluding hydrogens is 648 g/mol. The van der Waals surface area contributed by atoms with Gasteiger partial charge in [0.1, 0.15) is 5.01 Å². The Bertz CT molecular complexity index is 1860. The van der Waals surface area contributed by atoms with Gasteiger partial charge in [-0.1, -0.05) is 100.0 Å². The number of nitrogens with one attached hydrogen (secondary N) is 2. The Morgan fingerprint density at radius 1 is 1.00 bits per heavy atom. The first-order valence-corrected chi connectivity index (χ1v) is 16.0. The number of nitrogens with zero attached hydrogens (tertiary/aromatic N) is 2. The number of allylic oxidation sites excluding steroid dienone is 2. The van der Waals surface area contributed by atoms with Crippen LogP contribution in [0, 0.1) is 11.3 Å². The number of dihydropyridines is 1. The van der Waals surface area contributed by atoms with E-state index in [4.69, 9.17) is 16.6 Å². The molecule has 1 unspecified atom stereocenters. The average molecular weight is 670 g/mol. The molecule has 1 atom stereocenters. The van der Waals surface area contributed by atoms with E-state index in [1.807, 2.05) is 103 Å². The Hall–Kier alpha value is -3.87. The zero-order chi connectivity index (χ0) is 29.1. The van der Waals surface area contributed by atoms with E-state index in [0.29, 0.717) is 21.3 Å². The zero-order valence-electron chi connectivity index (χ0n) is 22.0. The maximum absolute atomic E-state index is 13.0. The number of benzene rings is 4. The number of carbonyl (C=O) groups excluding carboxylic acids is 1. The largest absolute Gasteiger partial charge is 0.349 e. The number of fused-ring (bicyclic) bond motifs is 1. The van der Waals surface area contributed by atoms with Crippen LogP contribution in [0.25, 0.3) is 21.5 Å². The molecule has 0 fully saturated rings. The molecule has 5 nitrogen and oxygen atoms in total. The van der Waals surface area contributed by atoms with E-state index < -0.39 is 5.92 Å². The minimum absolute atomic E-state index is 0.108. The number of para-hydroxylation sites is 1. The number of carbonyl (C=O) groups is 1. The van der Waals surface area contributed by atoms with Crippen LogP contribution in [0.5, 0.6) is 0 Å². The van der Waals surface area contributed by atoms with Crippen LogP contribution in [0.3, 0.4) is 0 Å². The van der Waals surface area contributed by atoms with Gasteiger partial charge in [0, 0.05) is 20.8 Å². The average Bonchev–Trinajstić information content (AvgIpc) is 3.45. The SMILES string of the molecule is N#CC1=C(SCC(=O)Nc2ccc(Br)cc2)NC(c2ccccc2)=C(c2nc3ccccc3s2)C1c1ccccc1Cl. The number of nitriles is 1. The zero-order valence-corrected chi connectivity index (χ0v) is 25.9. The molecule has 42 heavy (non-hydrogen) atoms. The van der Waals surface area contributed by atoms with E-state index in [9.17, 15) is 10.1 Å². The normalized spacial score (nSPS) is 14.9. The van der Waals surface area contributed by atoms with Gasteiger partial charge < -0.3 is 10.6 Å². The van der Waals surface area contributed by atoms with E-state index in [0.717, 1.165) is 42.1 Å². The fraction of sp³-hybridized carbons (Fsp3) is 0.0606. The van der Waals surface area contributed by atoms with Crippen LogP contribution in [0.15, 0.2) is 118 Å². The molecule has 0 radical (unpaired) electrons. The summed E-state index contributed by atoms with van der Waals surface area (Å²) in [4.78, 5) is 18.0. The van der Waals surface area contributed by atoms with Crippen molar-refractivity contribution in [3.8, 4) is 6.07 Å². The maximum atomic E-state index is 13.0. The number of amides is 1. The minimum Gasteiger partial charge on any atom is -0.349 e. The van der Waals surface area contributed by atoms with E-state index in [2.05, 4.69) is 32.6 Å². The highest BCUT2D eigenvalue weighted by atomic mass is 79.9. The number of aromatic nitrogens is 1. The van der Waals surface area contributed by atoms with Gasteiger partial charge in [0.05, 0.1) is 44.3 Å². The van der Waals surface area contributed by atoms with Crippen molar-refractivity contribution in [2.24, 2.45) is 0 Å². The first-order chi connectivity index (χ1) is 20.5. The summed E-state index contributed by atoms with van der Waals surface area (Å²) in [6, 6.07) is 35.4. The monoisotopic (exact) mass is 668 g/mol. The maximum Gasteiger partial charge on any atom is 0.234 e. The van der Waals surface area contributed by atoms with Crippen molar-refractivity contribution in [2.45, 2.75) is 5.92 Å². The third-order valence-corrected chi connectivity index (χ3v) is 9.69. The summed E-state index contributed by atoms with van der Waals surface area (Å²) in [6.07, 6.45) is 0. The highest BCUT2D eigenvalue weighted by Crippen LogP contribution is 2.50. The molecule has 4 aromatic carbocycles. The quantitative estimate of drug-likeness (QED) is 0.181. The summed E-state index contributed by atoms with van der Waals surface area (Å²) < 4.78 is 1.98. The third-order valence-electron chi connectivity index (χ3n) is 6.73. The number of hydrogen-bond acceptors (Lipinski definition) is 6. The van der Waals surface area contributed by atoms with Gasteiger partial charge in [-0.25, -0.2) is 4.98 Å². The topological polar surface area (TPSA) is 77.8 Å².